The summed E-state index contributed by atoms with van der Waals surface area (Å²) in [6, 6.07) is 49.5. The van der Waals surface area contributed by atoms with Gasteiger partial charge in [-0.2, -0.15) is 29.8 Å². The van der Waals surface area contributed by atoms with Gasteiger partial charge in [0.15, 0.2) is 0 Å². The van der Waals surface area contributed by atoms with E-state index in [2.05, 4.69) is 95.2 Å². The van der Waals surface area contributed by atoms with Crippen LogP contribution in [-0.2, 0) is 59.9 Å². The molecule has 9 rings (SSSR count). The Morgan fingerprint density at radius 3 is 2.20 bits per heavy atom. The number of aryl methyl sites for hydroxylation is 6. The molecule has 4 aromatic heterocycles. The van der Waals surface area contributed by atoms with Crippen molar-refractivity contribution in [1.82, 2.24) is 19.1 Å². The molecule has 0 unspecified atom stereocenters. The maximum absolute atomic E-state index is 5.98. The molecule has 9 aromatic rings. The third-order valence-electron chi connectivity index (χ3n) is 9.41. The monoisotopic (exact) mass is 881 g/mol. The Kier molecular flexibility index (Phi) is 11.4. The molecule has 0 saturated carbocycles. The van der Waals surface area contributed by atoms with Gasteiger partial charge in [-0.3, -0.25) is 4.98 Å². The van der Waals surface area contributed by atoms with E-state index in [1.54, 1.807) is 6.20 Å². The normalized spacial score (nSPS) is 10.9. The number of hydrogen-bond acceptors (Lipinski definition) is 3. The van der Waals surface area contributed by atoms with Crippen LogP contribution in [0.5, 0.6) is 0 Å². The Balaban J connectivity index is 0.000000190. The van der Waals surface area contributed by atoms with Gasteiger partial charge in [0.05, 0.1) is 18.5 Å². The summed E-state index contributed by atoms with van der Waals surface area (Å²) < 4.78 is 11.8. The number of hydrogen-bond donors (Lipinski definition) is 0. The summed E-state index contributed by atoms with van der Waals surface area (Å²) in [7, 11) is 3.94. The van der Waals surface area contributed by atoms with E-state index in [9.17, 15) is 0 Å². The van der Waals surface area contributed by atoms with Crippen LogP contribution in [0.25, 0.3) is 50.3 Å². The number of benzene rings is 5. The average molecular weight is 881 g/mol. The summed E-state index contributed by atoms with van der Waals surface area (Å²) in [5.41, 5.74) is 11.0. The van der Waals surface area contributed by atoms with Gasteiger partial charge in [0.1, 0.15) is 5.58 Å². The topological polar surface area (TPSA) is 52.7 Å². The Morgan fingerprint density at radius 2 is 1.50 bits per heavy atom. The molecule has 0 amide bonds. The van der Waals surface area contributed by atoms with Crippen LogP contribution in [-0.4, -0.2) is 19.1 Å². The van der Waals surface area contributed by atoms with Gasteiger partial charge in [-0.05, 0) is 47.7 Å². The Bertz CT molecular complexity index is 2580. The molecular formula is C47H38IrN5O-3. The van der Waals surface area contributed by atoms with Gasteiger partial charge in [0.2, 0.25) is 6.33 Å². The quantitative estimate of drug-likeness (QED) is 0.108. The number of fused-ring (bicyclic) bond motifs is 3. The maximum Gasteiger partial charge on any atom is 0.241 e. The first-order valence-corrected chi connectivity index (χ1v) is 17.8. The first-order valence-electron chi connectivity index (χ1n) is 17.8. The molecular weight excluding hydrogens is 843 g/mol. The summed E-state index contributed by atoms with van der Waals surface area (Å²) >= 11 is 0. The maximum atomic E-state index is 5.98. The van der Waals surface area contributed by atoms with Crippen LogP contribution in [0.3, 0.4) is 0 Å². The molecule has 7 heteroatoms. The number of aromatic nitrogens is 5. The Labute approximate surface area is 329 Å². The number of rotatable bonds is 9. The third-order valence-corrected chi connectivity index (χ3v) is 9.41. The van der Waals surface area contributed by atoms with Gasteiger partial charge in [0.25, 0.3) is 0 Å². The van der Waals surface area contributed by atoms with E-state index in [1.165, 1.54) is 22.3 Å². The molecule has 0 N–H and O–H groups in total. The molecule has 0 bridgehead atoms. The number of imidazole rings is 2. The van der Waals surface area contributed by atoms with Crippen molar-refractivity contribution in [3.8, 4) is 28.3 Å². The average Bonchev–Trinajstić information content (AvgIpc) is 3.95. The van der Waals surface area contributed by atoms with Crippen molar-refractivity contribution in [3.05, 3.63) is 193 Å². The second kappa shape index (κ2) is 16.9. The zero-order chi connectivity index (χ0) is 36.0. The summed E-state index contributed by atoms with van der Waals surface area (Å²) in [6.07, 6.45) is 16.9. The van der Waals surface area contributed by atoms with Crippen LogP contribution < -0.4 is 4.57 Å². The SMILES string of the molecule is C[n+]1[c-]n(-c2[c-]cc(CCc3cccc(CCc4ccc(-c5[c-]cccc5)nc4)c3)cc2)cc1.Cn1ccnc1-c1[c-]ccc2c1oc1ccccc12.[Ir]. The van der Waals surface area contributed by atoms with Crippen LogP contribution in [0.15, 0.2) is 151 Å². The minimum atomic E-state index is 0. The molecule has 269 valence electrons. The van der Waals surface area contributed by atoms with Crippen LogP contribution in [0.4, 0.5) is 0 Å². The molecule has 0 aliphatic rings. The van der Waals surface area contributed by atoms with Crippen molar-refractivity contribution in [2.45, 2.75) is 25.7 Å². The molecule has 0 atom stereocenters. The molecule has 1 radical (unpaired) electrons. The van der Waals surface area contributed by atoms with Crippen molar-refractivity contribution in [1.29, 1.82) is 0 Å². The van der Waals surface area contributed by atoms with Crippen LogP contribution >= 0.6 is 0 Å². The van der Waals surface area contributed by atoms with E-state index < -0.39 is 0 Å². The summed E-state index contributed by atoms with van der Waals surface area (Å²) in [6.45, 7) is 0. The van der Waals surface area contributed by atoms with Crippen molar-refractivity contribution >= 4 is 21.9 Å². The standard InChI is InChI=1S/C31H27N3.C16H11N2O.Ir/c1-33-20-21-34(24-33)30-17-14-25(15-18-30)10-11-26-6-5-7-27(22-26)12-13-28-16-19-31(32-23-28)29-8-3-2-4-9-29;1-18-10-9-17-16(18)13-7-4-6-12-11-5-2-3-8-14(11)19-15(12)13;/h2-8,14-17,19-23H,10-13H2,1H3;2-6,8-10H,1H3;/q-2;-1;. The van der Waals surface area contributed by atoms with Gasteiger partial charge in [-0.25, -0.2) is 0 Å². The van der Waals surface area contributed by atoms with Crippen molar-refractivity contribution in [2.75, 3.05) is 0 Å². The largest absolute Gasteiger partial charge is 0.501 e. The van der Waals surface area contributed by atoms with Crippen LogP contribution in [0.2, 0.25) is 0 Å². The molecule has 0 fully saturated rings. The van der Waals surface area contributed by atoms with E-state index in [0.29, 0.717) is 0 Å². The van der Waals surface area contributed by atoms with Gasteiger partial charge in [0, 0.05) is 63.5 Å². The zero-order valence-corrected chi connectivity index (χ0v) is 32.6. The van der Waals surface area contributed by atoms with Gasteiger partial charge < -0.3 is 23.1 Å². The van der Waals surface area contributed by atoms with E-state index in [4.69, 9.17) is 4.42 Å². The van der Waals surface area contributed by atoms with E-state index in [1.807, 2.05) is 107 Å². The molecule has 5 aromatic carbocycles. The van der Waals surface area contributed by atoms with Crippen molar-refractivity contribution in [3.63, 3.8) is 0 Å². The van der Waals surface area contributed by atoms with Gasteiger partial charge in [-0.1, -0.05) is 77.7 Å². The van der Waals surface area contributed by atoms with E-state index in [0.717, 1.165) is 76.0 Å². The number of pyridine rings is 1. The summed E-state index contributed by atoms with van der Waals surface area (Å²) in [5, 5.41) is 2.23. The summed E-state index contributed by atoms with van der Waals surface area (Å²) in [4.78, 5) is 9.01. The predicted octanol–water partition coefficient (Wildman–Crippen LogP) is 9.12. The molecule has 4 heterocycles. The zero-order valence-electron chi connectivity index (χ0n) is 30.2. The summed E-state index contributed by atoms with van der Waals surface area (Å²) in [5.74, 6) is 0.865. The van der Waals surface area contributed by atoms with Crippen LogP contribution in [0.1, 0.15) is 22.3 Å². The molecule has 54 heavy (non-hydrogen) atoms. The predicted molar refractivity (Wildman–Crippen MR) is 209 cm³/mol. The first kappa shape index (κ1) is 36.5. The fraction of sp³-hybridized carbons (Fsp3) is 0.128. The minimum absolute atomic E-state index is 0. The van der Waals surface area contributed by atoms with Gasteiger partial charge in [-0.15, -0.1) is 54.1 Å². The van der Waals surface area contributed by atoms with Crippen molar-refractivity contribution in [2.24, 2.45) is 14.1 Å². The fourth-order valence-electron chi connectivity index (χ4n) is 6.56. The fourth-order valence-corrected chi connectivity index (χ4v) is 6.56. The first-order chi connectivity index (χ1) is 26.1. The smallest absolute Gasteiger partial charge is 0.241 e. The number of para-hydroxylation sites is 1. The molecule has 6 nitrogen and oxygen atoms in total. The minimum Gasteiger partial charge on any atom is -0.501 e. The second-order valence-corrected chi connectivity index (χ2v) is 13.2. The Hall–Kier alpha value is -5.88. The second-order valence-electron chi connectivity index (χ2n) is 13.2. The molecule has 0 spiro atoms. The number of nitrogens with zero attached hydrogens (tertiary/aromatic N) is 5. The molecule has 0 aliphatic carbocycles. The Morgan fingerprint density at radius 1 is 0.704 bits per heavy atom. The van der Waals surface area contributed by atoms with E-state index >= 15 is 0 Å². The molecule has 0 aliphatic heterocycles. The molecule has 0 saturated heterocycles. The van der Waals surface area contributed by atoms with Gasteiger partial charge >= 0.3 is 0 Å². The third kappa shape index (κ3) is 8.34. The van der Waals surface area contributed by atoms with E-state index in [-0.39, 0.29) is 20.1 Å². The van der Waals surface area contributed by atoms with Crippen LogP contribution in [0, 0.1) is 24.5 Å². The number of furan rings is 1. The van der Waals surface area contributed by atoms with Crippen molar-refractivity contribution < 1.29 is 29.1 Å².